The lowest BCUT2D eigenvalue weighted by Crippen LogP contribution is -2.34. The van der Waals surface area contributed by atoms with Crippen LogP contribution in [0.3, 0.4) is 0 Å². The molecule has 4 nitrogen and oxygen atoms in total. The molecule has 0 bridgehead atoms. The maximum atomic E-state index is 11.6. The number of rotatable bonds is 7. The molecular formula is C12H16N2O2. The predicted octanol–water partition coefficient (Wildman–Crippen LogP) is 2.00. The SMILES string of the molecule is CC(=O)[C@](C)(CC#N)[C@@H](CC=O)CCC#N. The van der Waals surface area contributed by atoms with E-state index >= 15 is 0 Å². The van der Waals surface area contributed by atoms with E-state index in [0.717, 1.165) is 6.29 Å². The lowest BCUT2D eigenvalue weighted by atomic mass is 9.69. The smallest absolute Gasteiger partial charge is 0.137 e. The van der Waals surface area contributed by atoms with Crippen LogP contribution in [0.15, 0.2) is 0 Å². The first kappa shape index (κ1) is 14.3. The summed E-state index contributed by atoms with van der Waals surface area (Å²) < 4.78 is 0. The van der Waals surface area contributed by atoms with Crippen LogP contribution >= 0.6 is 0 Å². The molecule has 0 rings (SSSR count). The van der Waals surface area contributed by atoms with Crippen LogP contribution in [0.25, 0.3) is 0 Å². The summed E-state index contributed by atoms with van der Waals surface area (Å²) in [7, 11) is 0. The van der Waals surface area contributed by atoms with E-state index < -0.39 is 5.41 Å². The Morgan fingerprint density at radius 2 is 2.06 bits per heavy atom. The molecule has 16 heavy (non-hydrogen) atoms. The van der Waals surface area contributed by atoms with E-state index in [1.807, 2.05) is 12.1 Å². The van der Waals surface area contributed by atoms with E-state index in [0.29, 0.717) is 12.8 Å². The van der Waals surface area contributed by atoms with Gasteiger partial charge in [-0.25, -0.2) is 0 Å². The van der Waals surface area contributed by atoms with Crippen LogP contribution in [0.2, 0.25) is 0 Å². The van der Waals surface area contributed by atoms with Crippen molar-refractivity contribution in [1.82, 2.24) is 0 Å². The van der Waals surface area contributed by atoms with Crippen molar-refractivity contribution in [3.05, 3.63) is 0 Å². The molecule has 4 heteroatoms. The first-order valence-electron chi connectivity index (χ1n) is 5.21. The summed E-state index contributed by atoms with van der Waals surface area (Å²) >= 11 is 0. The molecule has 0 aromatic heterocycles. The Labute approximate surface area is 95.9 Å². The molecule has 86 valence electrons. The van der Waals surface area contributed by atoms with Gasteiger partial charge >= 0.3 is 0 Å². The van der Waals surface area contributed by atoms with Gasteiger partial charge in [0.1, 0.15) is 12.1 Å². The van der Waals surface area contributed by atoms with Gasteiger partial charge in [0.15, 0.2) is 0 Å². The summed E-state index contributed by atoms with van der Waals surface area (Å²) in [6.45, 7) is 3.13. The molecule has 2 atom stereocenters. The van der Waals surface area contributed by atoms with E-state index in [2.05, 4.69) is 0 Å². The third-order valence-corrected chi connectivity index (χ3v) is 3.14. The van der Waals surface area contributed by atoms with Gasteiger partial charge in [0.05, 0.1) is 12.1 Å². The minimum Gasteiger partial charge on any atom is -0.303 e. The minimum absolute atomic E-state index is 0.0896. The van der Waals surface area contributed by atoms with E-state index in [9.17, 15) is 9.59 Å². The number of ketones is 1. The van der Waals surface area contributed by atoms with Crippen molar-refractivity contribution in [2.24, 2.45) is 11.3 Å². The normalized spacial score (nSPS) is 15.2. The molecule has 0 spiro atoms. The van der Waals surface area contributed by atoms with Gasteiger partial charge in [-0.05, 0) is 19.3 Å². The average Bonchev–Trinajstić information content (AvgIpc) is 2.24. The van der Waals surface area contributed by atoms with Gasteiger partial charge in [-0.1, -0.05) is 6.92 Å². The predicted molar refractivity (Wildman–Crippen MR) is 58.0 cm³/mol. The molecule has 0 aromatic rings. The minimum atomic E-state index is -0.813. The fourth-order valence-electron chi connectivity index (χ4n) is 1.77. The number of carbonyl (C=O) groups is 2. The van der Waals surface area contributed by atoms with Crippen molar-refractivity contribution in [2.45, 2.75) is 39.5 Å². The molecule has 0 amide bonds. The van der Waals surface area contributed by atoms with Crippen LogP contribution in [-0.2, 0) is 9.59 Å². The van der Waals surface area contributed by atoms with Crippen LogP contribution in [0.5, 0.6) is 0 Å². The molecule has 0 saturated heterocycles. The van der Waals surface area contributed by atoms with Crippen molar-refractivity contribution < 1.29 is 9.59 Å². The van der Waals surface area contributed by atoms with Gasteiger partial charge in [-0.15, -0.1) is 0 Å². The fraction of sp³-hybridized carbons (Fsp3) is 0.667. The van der Waals surface area contributed by atoms with Gasteiger partial charge in [0.25, 0.3) is 0 Å². The molecule has 0 aliphatic heterocycles. The van der Waals surface area contributed by atoms with Crippen LogP contribution in [0.4, 0.5) is 0 Å². The van der Waals surface area contributed by atoms with Crippen LogP contribution < -0.4 is 0 Å². The first-order valence-corrected chi connectivity index (χ1v) is 5.21. The third kappa shape index (κ3) is 3.47. The summed E-state index contributed by atoms with van der Waals surface area (Å²) in [4.78, 5) is 22.2. The Hall–Kier alpha value is -1.68. The Morgan fingerprint density at radius 3 is 2.44 bits per heavy atom. The fourth-order valence-corrected chi connectivity index (χ4v) is 1.77. The Balaban J connectivity index is 4.95. The van der Waals surface area contributed by atoms with E-state index in [-0.39, 0.29) is 24.5 Å². The second-order valence-corrected chi connectivity index (χ2v) is 4.10. The second kappa shape index (κ2) is 6.74. The molecular weight excluding hydrogens is 204 g/mol. The lowest BCUT2D eigenvalue weighted by Gasteiger charge is -2.32. The van der Waals surface area contributed by atoms with Crippen LogP contribution in [0, 0.1) is 34.0 Å². The topological polar surface area (TPSA) is 81.7 Å². The highest BCUT2D eigenvalue weighted by atomic mass is 16.1. The number of aldehydes is 1. The van der Waals surface area contributed by atoms with Gasteiger partial charge in [-0.2, -0.15) is 10.5 Å². The maximum absolute atomic E-state index is 11.6. The number of carbonyl (C=O) groups excluding carboxylic acids is 2. The summed E-state index contributed by atoms with van der Waals surface area (Å²) in [6.07, 6.45) is 1.84. The zero-order chi connectivity index (χ0) is 12.6. The number of hydrogen-bond acceptors (Lipinski definition) is 4. The van der Waals surface area contributed by atoms with Gasteiger partial charge < -0.3 is 4.79 Å². The summed E-state index contributed by atoms with van der Waals surface area (Å²) in [5, 5.41) is 17.3. The summed E-state index contributed by atoms with van der Waals surface area (Å²) in [5.74, 6) is -0.319. The quantitative estimate of drug-likeness (QED) is 0.614. The lowest BCUT2D eigenvalue weighted by molar-refractivity contribution is -0.129. The number of Topliss-reactive ketones (excluding diaryl/α,β-unsaturated/α-hetero) is 1. The van der Waals surface area contributed by atoms with Crippen LogP contribution in [0.1, 0.15) is 39.5 Å². The maximum Gasteiger partial charge on any atom is 0.137 e. The van der Waals surface area contributed by atoms with E-state index in [4.69, 9.17) is 10.5 Å². The van der Waals surface area contributed by atoms with E-state index in [1.54, 1.807) is 6.92 Å². The standard InChI is InChI=1S/C12H16N2O2/c1-10(16)12(2,6-8-14)11(5-9-15)4-3-7-13/h9,11H,3-6H2,1-2H3/t11-,12+/m1/s1. The zero-order valence-corrected chi connectivity index (χ0v) is 9.69. The van der Waals surface area contributed by atoms with Gasteiger partial charge in [-0.3, -0.25) is 4.79 Å². The van der Waals surface area contributed by atoms with Crippen molar-refractivity contribution in [3.8, 4) is 12.1 Å². The van der Waals surface area contributed by atoms with Crippen molar-refractivity contribution in [2.75, 3.05) is 0 Å². The highest BCUT2D eigenvalue weighted by molar-refractivity contribution is 5.83. The van der Waals surface area contributed by atoms with Gasteiger partial charge in [0, 0.05) is 24.7 Å². The van der Waals surface area contributed by atoms with Crippen molar-refractivity contribution >= 4 is 12.1 Å². The molecule has 0 aromatic carbocycles. The van der Waals surface area contributed by atoms with Gasteiger partial charge in [0.2, 0.25) is 0 Å². The monoisotopic (exact) mass is 220 g/mol. The highest BCUT2D eigenvalue weighted by Crippen LogP contribution is 2.37. The Morgan fingerprint density at radius 1 is 1.44 bits per heavy atom. The third-order valence-electron chi connectivity index (χ3n) is 3.14. The molecule has 0 aliphatic carbocycles. The average molecular weight is 220 g/mol. The van der Waals surface area contributed by atoms with E-state index in [1.165, 1.54) is 6.92 Å². The number of hydrogen-bond donors (Lipinski definition) is 0. The van der Waals surface area contributed by atoms with Crippen molar-refractivity contribution in [3.63, 3.8) is 0 Å². The summed E-state index contributed by atoms with van der Waals surface area (Å²) in [5.41, 5.74) is -0.813. The highest BCUT2D eigenvalue weighted by Gasteiger charge is 2.37. The molecule has 0 aliphatic rings. The number of nitrogens with zero attached hydrogens (tertiary/aromatic N) is 2. The Kier molecular flexibility index (Phi) is 6.03. The molecule has 0 unspecified atom stereocenters. The molecule has 0 saturated carbocycles. The molecule has 0 N–H and O–H groups in total. The zero-order valence-electron chi connectivity index (χ0n) is 9.69. The van der Waals surface area contributed by atoms with Crippen LogP contribution in [-0.4, -0.2) is 12.1 Å². The molecule has 0 heterocycles. The second-order valence-electron chi connectivity index (χ2n) is 4.10. The largest absolute Gasteiger partial charge is 0.303 e. The first-order chi connectivity index (χ1) is 7.52. The summed E-state index contributed by atoms with van der Waals surface area (Å²) in [6, 6.07) is 3.98. The molecule has 0 fully saturated rings. The van der Waals surface area contributed by atoms with Crippen molar-refractivity contribution in [1.29, 1.82) is 10.5 Å². The molecule has 0 radical (unpaired) electrons. The number of nitriles is 2. The Bertz CT molecular complexity index is 338.